The third-order valence-electron chi connectivity index (χ3n) is 4.06. The molecule has 0 amide bonds. The van der Waals surface area contributed by atoms with Crippen molar-refractivity contribution in [1.29, 1.82) is 0 Å². The van der Waals surface area contributed by atoms with Gasteiger partial charge in [0.2, 0.25) is 0 Å². The molecule has 1 atom stereocenters. The van der Waals surface area contributed by atoms with Gasteiger partial charge in [-0.05, 0) is 36.4 Å². The first kappa shape index (κ1) is 13.7. The highest BCUT2D eigenvalue weighted by Crippen LogP contribution is 2.30. The molecule has 5 heteroatoms. The summed E-state index contributed by atoms with van der Waals surface area (Å²) in [6.45, 7) is 1.57. The van der Waals surface area contributed by atoms with Gasteiger partial charge < -0.3 is 10.0 Å². The molecule has 4 nitrogen and oxygen atoms in total. The SMILES string of the molecule is OC1CCCN(c2nc(-c3ccsc3)nc3ccccc23)C1. The second kappa shape index (κ2) is 5.66. The van der Waals surface area contributed by atoms with Crippen LogP contribution in [0.25, 0.3) is 22.3 Å². The summed E-state index contributed by atoms with van der Waals surface area (Å²) in [6, 6.07) is 10.1. The lowest BCUT2D eigenvalue weighted by atomic mass is 10.1. The van der Waals surface area contributed by atoms with E-state index in [0.717, 1.165) is 47.5 Å². The summed E-state index contributed by atoms with van der Waals surface area (Å²) in [5, 5.41) is 15.1. The van der Waals surface area contributed by atoms with Crippen LogP contribution < -0.4 is 4.90 Å². The fourth-order valence-corrected chi connectivity index (χ4v) is 3.60. The van der Waals surface area contributed by atoms with Crippen LogP contribution in [0.5, 0.6) is 0 Å². The van der Waals surface area contributed by atoms with Crippen molar-refractivity contribution in [3.8, 4) is 11.4 Å². The minimum absolute atomic E-state index is 0.271. The van der Waals surface area contributed by atoms with Crippen molar-refractivity contribution >= 4 is 28.1 Å². The van der Waals surface area contributed by atoms with Crippen molar-refractivity contribution in [3.05, 3.63) is 41.1 Å². The fourth-order valence-electron chi connectivity index (χ4n) is 2.97. The lowest BCUT2D eigenvalue weighted by Gasteiger charge is -2.31. The topological polar surface area (TPSA) is 49.2 Å². The van der Waals surface area contributed by atoms with Gasteiger partial charge in [-0.3, -0.25) is 0 Å². The third kappa shape index (κ3) is 2.46. The zero-order valence-electron chi connectivity index (χ0n) is 12.1. The van der Waals surface area contributed by atoms with E-state index in [9.17, 15) is 5.11 Å². The number of para-hydroxylation sites is 1. The van der Waals surface area contributed by atoms with Gasteiger partial charge in [-0.25, -0.2) is 9.97 Å². The smallest absolute Gasteiger partial charge is 0.162 e. The molecule has 1 fully saturated rings. The van der Waals surface area contributed by atoms with Crippen LogP contribution >= 0.6 is 11.3 Å². The minimum atomic E-state index is -0.271. The van der Waals surface area contributed by atoms with Crippen molar-refractivity contribution < 1.29 is 5.11 Å². The highest BCUT2D eigenvalue weighted by atomic mass is 32.1. The Morgan fingerprint density at radius 2 is 2.09 bits per heavy atom. The molecule has 1 aliphatic rings. The van der Waals surface area contributed by atoms with E-state index >= 15 is 0 Å². The number of thiophene rings is 1. The number of aliphatic hydroxyl groups is 1. The number of piperidine rings is 1. The molecule has 1 unspecified atom stereocenters. The number of benzene rings is 1. The Morgan fingerprint density at radius 3 is 2.91 bits per heavy atom. The Balaban J connectivity index is 1.87. The van der Waals surface area contributed by atoms with E-state index in [-0.39, 0.29) is 6.10 Å². The third-order valence-corrected chi connectivity index (χ3v) is 4.74. The summed E-state index contributed by atoms with van der Waals surface area (Å²) in [5.41, 5.74) is 2.00. The molecular formula is C17H17N3OS. The van der Waals surface area contributed by atoms with Gasteiger partial charge in [0.25, 0.3) is 0 Å². The van der Waals surface area contributed by atoms with Crippen LogP contribution in [0.3, 0.4) is 0 Å². The summed E-state index contributed by atoms with van der Waals surface area (Å²) in [5.74, 6) is 1.69. The fraction of sp³-hybridized carbons (Fsp3) is 0.294. The van der Waals surface area contributed by atoms with Gasteiger partial charge >= 0.3 is 0 Å². The molecule has 2 aromatic heterocycles. The first-order chi connectivity index (χ1) is 10.8. The average molecular weight is 311 g/mol. The van der Waals surface area contributed by atoms with Crippen LogP contribution in [-0.2, 0) is 0 Å². The van der Waals surface area contributed by atoms with E-state index in [1.807, 2.05) is 29.6 Å². The second-order valence-corrected chi connectivity index (χ2v) is 6.42. The van der Waals surface area contributed by atoms with Gasteiger partial charge in [0.05, 0.1) is 11.6 Å². The summed E-state index contributed by atoms with van der Waals surface area (Å²) in [7, 11) is 0. The van der Waals surface area contributed by atoms with Crippen molar-refractivity contribution in [2.45, 2.75) is 18.9 Å². The maximum absolute atomic E-state index is 9.98. The maximum Gasteiger partial charge on any atom is 0.162 e. The molecule has 0 radical (unpaired) electrons. The molecule has 1 N–H and O–H groups in total. The zero-order chi connectivity index (χ0) is 14.9. The molecule has 1 aliphatic heterocycles. The highest BCUT2D eigenvalue weighted by molar-refractivity contribution is 7.08. The Morgan fingerprint density at radius 1 is 1.18 bits per heavy atom. The molecule has 4 rings (SSSR count). The van der Waals surface area contributed by atoms with Gasteiger partial charge in [0.1, 0.15) is 5.82 Å². The van der Waals surface area contributed by atoms with Crippen LogP contribution in [-0.4, -0.2) is 34.3 Å². The number of hydrogen-bond donors (Lipinski definition) is 1. The van der Waals surface area contributed by atoms with Gasteiger partial charge in [0, 0.05) is 29.4 Å². The Bertz CT molecular complexity index is 788. The number of nitrogens with zero attached hydrogens (tertiary/aromatic N) is 3. The van der Waals surface area contributed by atoms with Gasteiger partial charge in [-0.15, -0.1) is 0 Å². The summed E-state index contributed by atoms with van der Waals surface area (Å²) in [4.78, 5) is 11.7. The summed E-state index contributed by atoms with van der Waals surface area (Å²) in [6.07, 6.45) is 1.59. The van der Waals surface area contributed by atoms with E-state index in [0.29, 0.717) is 6.54 Å². The van der Waals surface area contributed by atoms with Crippen molar-refractivity contribution in [2.24, 2.45) is 0 Å². The Labute approximate surface area is 133 Å². The quantitative estimate of drug-likeness (QED) is 0.789. The molecule has 3 aromatic rings. The van der Waals surface area contributed by atoms with Gasteiger partial charge in [-0.1, -0.05) is 12.1 Å². The van der Waals surface area contributed by atoms with Crippen LogP contribution in [0.1, 0.15) is 12.8 Å². The molecule has 0 bridgehead atoms. The number of anilines is 1. The van der Waals surface area contributed by atoms with E-state index in [2.05, 4.69) is 16.3 Å². The summed E-state index contributed by atoms with van der Waals surface area (Å²) < 4.78 is 0. The van der Waals surface area contributed by atoms with Crippen molar-refractivity contribution in [3.63, 3.8) is 0 Å². The molecule has 1 saturated heterocycles. The predicted molar refractivity (Wildman–Crippen MR) is 90.3 cm³/mol. The monoisotopic (exact) mass is 311 g/mol. The van der Waals surface area contributed by atoms with Gasteiger partial charge in [-0.2, -0.15) is 11.3 Å². The molecule has 112 valence electrons. The number of rotatable bonds is 2. The van der Waals surface area contributed by atoms with Crippen LogP contribution in [0.15, 0.2) is 41.1 Å². The van der Waals surface area contributed by atoms with Gasteiger partial charge in [0.15, 0.2) is 5.82 Å². The van der Waals surface area contributed by atoms with E-state index in [4.69, 9.17) is 9.97 Å². The maximum atomic E-state index is 9.98. The number of β-amino-alcohol motifs (C(OH)–C–C–N with tert-alkyl or cyclic N) is 1. The second-order valence-electron chi connectivity index (χ2n) is 5.64. The largest absolute Gasteiger partial charge is 0.391 e. The Kier molecular flexibility index (Phi) is 3.52. The minimum Gasteiger partial charge on any atom is -0.391 e. The molecule has 0 aliphatic carbocycles. The lowest BCUT2D eigenvalue weighted by molar-refractivity contribution is 0.154. The first-order valence-corrected chi connectivity index (χ1v) is 8.48. The number of aliphatic hydroxyl groups excluding tert-OH is 1. The Hall–Kier alpha value is -1.98. The van der Waals surface area contributed by atoms with Crippen LogP contribution in [0.4, 0.5) is 5.82 Å². The molecule has 22 heavy (non-hydrogen) atoms. The van der Waals surface area contributed by atoms with E-state index in [1.54, 1.807) is 11.3 Å². The first-order valence-electron chi connectivity index (χ1n) is 7.53. The van der Waals surface area contributed by atoms with Crippen molar-refractivity contribution in [2.75, 3.05) is 18.0 Å². The normalized spacial score (nSPS) is 18.8. The van der Waals surface area contributed by atoms with E-state index in [1.165, 1.54) is 0 Å². The molecular weight excluding hydrogens is 294 g/mol. The standard InChI is InChI=1S/C17H17N3OS/c21-13-4-3-8-20(10-13)17-14-5-1-2-6-15(14)18-16(19-17)12-7-9-22-11-12/h1-2,5-7,9,11,13,21H,3-4,8,10H2. The number of fused-ring (bicyclic) bond motifs is 1. The lowest BCUT2D eigenvalue weighted by Crippen LogP contribution is -2.38. The number of aromatic nitrogens is 2. The zero-order valence-corrected chi connectivity index (χ0v) is 13.0. The van der Waals surface area contributed by atoms with E-state index < -0.39 is 0 Å². The molecule has 1 aromatic carbocycles. The summed E-state index contributed by atoms with van der Waals surface area (Å²) >= 11 is 1.65. The van der Waals surface area contributed by atoms with Crippen LogP contribution in [0, 0.1) is 0 Å². The number of hydrogen-bond acceptors (Lipinski definition) is 5. The molecule has 0 saturated carbocycles. The molecule has 0 spiro atoms. The molecule has 3 heterocycles. The average Bonchev–Trinajstić information content (AvgIpc) is 3.08. The predicted octanol–water partition coefficient (Wildman–Crippen LogP) is 3.32. The van der Waals surface area contributed by atoms with Crippen molar-refractivity contribution in [1.82, 2.24) is 9.97 Å². The highest BCUT2D eigenvalue weighted by Gasteiger charge is 2.21. The van der Waals surface area contributed by atoms with Crippen LogP contribution in [0.2, 0.25) is 0 Å².